The van der Waals surface area contributed by atoms with Gasteiger partial charge in [0.25, 0.3) is 0 Å². The molecule has 1 aliphatic rings. The van der Waals surface area contributed by atoms with Crippen LogP contribution in [0.3, 0.4) is 0 Å². The van der Waals surface area contributed by atoms with Crippen LogP contribution in [0.15, 0.2) is 17.5 Å². The highest BCUT2D eigenvalue weighted by Crippen LogP contribution is 2.21. The molecule has 1 N–H and O–H groups in total. The van der Waals surface area contributed by atoms with E-state index in [-0.39, 0.29) is 18.2 Å². The van der Waals surface area contributed by atoms with Gasteiger partial charge in [0.1, 0.15) is 0 Å². The van der Waals surface area contributed by atoms with Gasteiger partial charge in [-0.25, -0.2) is 0 Å². The molecule has 2 rings (SSSR count). The first-order valence-electron chi connectivity index (χ1n) is 6.17. The summed E-state index contributed by atoms with van der Waals surface area (Å²) in [5.41, 5.74) is 0. The number of carboxylic acid groups (broad SMARTS) is 1. The van der Waals surface area contributed by atoms with E-state index < -0.39 is 5.97 Å². The summed E-state index contributed by atoms with van der Waals surface area (Å²) in [7, 11) is 0. The second-order valence-electron chi connectivity index (χ2n) is 4.70. The van der Waals surface area contributed by atoms with Crippen LogP contribution in [-0.2, 0) is 16.0 Å². The number of thiophene rings is 1. The second-order valence-corrected chi connectivity index (χ2v) is 5.73. The molecule has 18 heavy (non-hydrogen) atoms. The standard InChI is InChI=1S/C13H17NO3S/c15-12(5-1-3-11-4-2-6-18-11)14-8-10(9-14)7-13(16)17/h2,4,6,10H,1,3,5,7-9H2,(H,16,17). The molecule has 98 valence electrons. The molecule has 0 aliphatic carbocycles. The van der Waals surface area contributed by atoms with Crippen molar-refractivity contribution in [2.45, 2.75) is 25.7 Å². The van der Waals surface area contributed by atoms with E-state index >= 15 is 0 Å². The monoisotopic (exact) mass is 267 g/mol. The van der Waals surface area contributed by atoms with Gasteiger partial charge in [-0.3, -0.25) is 9.59 Å². The Morgan fingerprint density at radius 3 is 2.83 bits per heavy atom. The fraction of sp³-hybridized carbons (Fsp3) is 0.538. The van der Waals surface area contributed by atoms with E-state index in [4.69, 9.17) is 5.11 Å². The third-order valence-electron chi connectivity index (χ3n) is 3.17. The van der Waals surface area contributed by atoms with Gasteiger partial charge in [-0.1, -0.05) is 6.07 Å². The van der Waals surface area contributed by atoms with Gasteiger partial charge in [-0.05, 0) is 24.3 Å². The van der Waals surface area contributed by atoms with Gasteiger partial charge >= 0.3 is 5.97 Å². The summed E-state index contributed by atoms with van der Waals surface area (Å²) in [6, 6.07) is 4.11. The minimum Gasteiger partial charge on any atom is -0.481 e. The zero-order valence-electron chi connectivity index (χ0n) is 10.2. The molecule has 1 fully saturated rings. The van der Waals surface area contributed by atoms with Crippen LogP contribution in [0.5, 0.6) is 0 Å². The fourth-order valence-electron chi connectivity index (χ4n) is 2.18. The molecule has 0 saturated carbocycles. The van der Waals surface area contributed by atoms with E-state index in [9.17, 15) is 9.59 Å². The summed E-state index contributed by atoms with van der Waals surface area (Å²) in [6.07, 6.45) is 2.58. The van der Waals surface area contributed by atoms with Crippen LogP contribution in [0.25, 0.3) is 0 Å². The number of carbonyl (C=O) groups excluding carboxylic acids is 1. The summed E-state index contributed by atoms with van der Waals surface area (Å²) in [6.45, 7) is 1.23. The number of hydrogen-bond acceptors (Lipinski definition) is 3. The van der Waals surface area contributed by atoms with Crippen LogP contribution in [0.2, 0.25) is 0 Å². The van der Waals surface area contributed by atoms with E-state index in [0.29, 0.717) is 19.5 Å². The molecule has 0 spiro atoms. The first kappa shape index (κ1) is 13.1. The molecular weight excluding hydrogens is 250 g/mol. The SMILES string of the molecule is O=C(O)CC1CN(C(=O)CCCc2cccs2)C1. The van der Waals surface area contributed by atoms with E-state index in [1.54, 1.807) is 16.2 Å². The van der Waals surface area contributed by atoms with E-state index in [1.807, 2.05) is 11.4 Å². The Bertz CT molecular complexity index is 410. The minimum absolute atomic E-state index is 0.156. The predicted molar refractivity (Wildman–Crippen MR) is 69.6 cm³/mol. The number of aryl methyl sites for hydroxylation is 1. The lowest BCUT2D eigenvalue weighted by atomic mass is 9.96. The molecule has 1 amide bonds. The molecule has 0 aromatic carbocycles. The van der Waals surface area contributed by atoms with Crippen LogP contribution >= 0.6 is 11.3 Å². The van der Waals surface area contributed by atoms with Gasteiger partial charge in [0.2, 0.25) is 5.91 Å². The quantitative estimate of drug-likeness (QED) is 0.857. The summed E-state index contributed by atoms with van der Waals surface area (Å²) >= 11 is 1.72. The number of likely N-dealkylation sites (tertiary alicyclic amines) is 1. The van der Waals surface area contributed by atoms with Gasteiger partial charge in [0.05, 0.1) is 6.42 Å². The molecule has 0 bridgehead atoms. The molecule has 4 nitrogen and oxygen atoms in total. The highest BCUT2D eigenvalue weighted by Gasteiger charge is 2.31. The lowest BCUT2D eigenvalue weighted by molar-refractivity contribution is -0.145. The van der Waals surface area contributed by atoms with Crippen molar-refractivity contribution in [3.05, 3.63) is 22.4 Å². The third-order valence-corrected chi connectivity index (χ3v) is 4.10. The number of aliphatic carboxylic acids is 1. The van der Waals surface area contributed by atoms with Crippen molar-refractivity contribution in [2.24, 2.45) is 5.92 Å². The van der Waals surface area contributed by atoms with E-state index in [2.05, 4.69) is 6.07 Å². The maximum absolute atomic E-state index is 11.8. The molecule has 1 aromatic heterocycles. The molecule has 0 atom stereocenters. The van der Waals surface area contributed by atoms with Crippen LogP contribution in [0.1, 0.15) is 24.1 Å². The third kappa shape index (κ3) is 3.57. The maximum Gasteiger partial charge on any atom is 0.303 e. The Morgan fingerprint density at radius 2 is 2.22 bits per heavy atom. The normalized spacial score (nSPS) is 15.4. The lowest BCUT2D eigenvalue weighted by Crippen LogP contribution is -2.50. The van der Waals surface area contributed by atoms with Gasteiger partial charge in [0, 0.05) is 30.3 Å². The highest BCUT2D eigenvalue weighted by molar-refractivity contribution is 7.09. The summed E-state index contributed by atoms with van der Waals surface area (Å²) < 4.78 is 0. The van der Waals surface area contributed by atoms with E-state index in [0.717, 1.165) is 12.8 Å². The van der Waals surface area contributed by atoms with Gasteiger partial charge < -0.3 is 10.0 Å². The van der Waals surface area contributed by atoms with E-state index in [1.165, 1.54) is 4.88 Å². The molecule has 0 unspecified atom stereocenters. The van der Waals surface area contributed by atoms with Crippen LogP contribution in [0, 0.1) is 5.92 Å². The Kier molecular flexibility index (Phi) is 4.36. The Balaban J connectivity index is 1.60. The maximum atomic E-state index is 11.8. The minimum atomic E-state index is -0.773. The lowest BCUT2D eigenvalue weighted by Gasteiger charge is -2.38. The fourth-order valence-corrected chi connectivity index (χ4v) is 2.93. The highest BCUT2D eigenvalue weighted by atomic mass is 32.1. The molecule has 1 aromatic rings. The van der Waals surface area contributed by atoms with Crippen molar-refractivity contribution in [2.75, 3.05) is 13.1 Å². The number of nitrogens with zero attached hydrogens (tertiary/aromatic N) is 1. The van der Waals surface area contributed by atoms with Gasteiger partial charge in [-0.2, -0.15) is 0 Å². The van der Waals surface area contributed by atoms with Gasteiger partial charge in [-0.15, -0.1) is 11.3 Å². The molecule has 1 saturated heterocycles. The number of hydrogen-bond donors (Lipinski definition) is 1. The van der Waals surface area contributed by atoms with Crippen molar-refractivity contribution in [3.8, 4) is 0 Å². The zero-order chi connectivity index (χ0) is 13.0. The number of carboxylic acids is 1. The molecule has 5 heteroatoms. The molecular formula is C13H17NO3S. The topological polar surface area (TPSA) is 57.6 Å². The van der Waals surface area contributed by atoms with Crippen molar-refractivity contribution in [1.82, 2.24) is 4.90 Å². The first-order chi connectivity index (χ1) is 8.65. The number of rotatable bonds is 6. The van der Waals surface area contributed by atoms with Crippen molar-refractivity contribution < 1.29 is 14.7 Å². The first-order valence-corrected chi connectivity index (χ1v) is 7.05. The Hall–Kier alpha value is -1.36. The summed E-state index contributed by atoms with van der Waals surface area (Å²) in [5, 5.41) is 10.7. The Labute approximate surface area is 110 Å². The van der Waals surface area contributed by atoms with Crippen molar-refractivity contribution in [3.63, 3.8) is 0 Å². The van der Waals surface area contributed by atoms with Gasteiger partial charge in [0.15, 0.2) is 0 Å². The smallest absolute Gasteiger partial charge is 0.303 e. The largest absolute Gasteiger partial charge is 0.481 e. The average Bonchev–Trinajstić information content (AvgIpc) is 2.75. The number of carbonyl (C=O) groups is 2. The summed E-state index contributed by atoms with van der Waals surface area (Å²) in [4.78, 5) is 25.3. The summed E-state index contributed by atoms with van der Waals surface area (Å²) in [5.74, 6) is -0.457. The van der Waals surface area contributed by atoms with Crippen molar-refractivity contribution >= 4 is 23.2 Å². The molecule has 1 aliphatic heterocycles. The van der Waals surface area contributed by atoms with Crippen molar-refractivity contribution in [1.29, 1.82) is 0 Å². The average molecular weight is 267 g/mol. The molecule has 0 radical (unpaired) electrons. The second kappa shape index (κ2) is 6.00. The predicted octanol–water partition coefficient (Wildman–Crippen LogP) is 2.00. The van der Waals surface area contributed by atoms with Crippen LogP contribution in [0.4, 0.5) is 0 Å². The van der Waals surface area contributed by atoms with Crippen LogP contribution < -0.4 is 0 Å². The number of amides is 1. The Morgan fingerprint density at radius 1 is 1.44 bits per heavy atom. The van der Waals surface area contributed by atoms with Crippen LogP contribution in [-0.4, -0.2) is 35.0 Å². The molecule has 2 heterocycles. The zero-order valence-corrected chi connectivity index (χ0v) is 11.0.